The van der Waals surface area contributed by atoms with Crippen LogP contribution in [0.4, 0.5) is 0 Å². The molecule has 2 N–H and O–H groups in total. The minimum absolute atomic E-state index is 0.185. The van der Waals surface area contributed by atoms with E-state index >= 15 is 0 Å². The molecule has 6 heteroatoms. The number of carbonyl (C=O) groups excluding carboxylic acids is 2. The van der Waals surface area contributed by atoms with E-state index in [4.69, 9.17) is 4.74 Å². The Morgan fingerprint density at radius 1 is 1.30 bits per heavy atom. The second kappa shape index (κ2) is 8.92. The van der Waals surface area contributed by atoms with Crippen LogP contribution < -0.4 is 15.6 Å². The molecule has 0 saturated heterocycles. The lowest BCUT2D eigenvalue weighted by molar-refractivity contribution is -0.128. The van der Waals surface area contributed by atoms with Crippen molar-refractivity contribution in [3.63, 3.8) is 0 Å². The third kappa shape index (κ3) is 6.75. The first-order valence-corrected chi connectivity index (χ1v) is 6.67. The summed E-state index contributed by atoms with van der Waals surface area (Å²) < 4.78 is 6.12. The highest BCUT2D eigenvalue weighted by molar-refractivity contribution is 9.10. The first-order chi connectivity index (χ1) is 9.61. The van der Waals surface area contributed by atoms with E-state index in [1.165, 1.54) is 6.08 Å². The van der Waals surface area contributed by atoms with Gasteiger partial charge in [-0.25, -0.2) is 0 Å². The highest BCUT2D eigenvalue weighted by atomic mass is 79.9. The summed E-state index contributed by atoms with van der Waals surface area (Å²) >= 11 is 3.30. The summed E-state index contributed by atoms with van der Waals surface area (Å²) in [6.07, 6.45) is 6.36. The summed E-state index contributed by atoms with van der Waals surface area (Å²) in [4.78, 5) is 22.7. The molecule has 0 unspecified atom stereocenters. The summed E-state index contributed by atoms with van der Waals surface area (Å²) in [5, 5.41) is 0. The summed E-state index contributed by atoms with van der Waals surface area (Å²) in [5.74, 6) is -0.300. The van der Waals surface area contributed by atoms with E-state index in [2.05, 4.69) is 26.8 Å². The Bertz CT molecular complexity index is 527. The van der Waals surface area contributed by atoms with Crippen LogP contribution >= 0.6 is 15.9 Å². The van der Waals surface area contributed by atoms with Gasteiger partial charge in [-0.3, -0.25) is 20.4 Å². The maximum Gasteiger partial charge on any atom is 0.276 e. The molecule has 5 nitrogen and oxygen atoms in total. The maximum absolute atomic E-state index is 11.4. The van der Waals surface area contributed by atoms with Crippen LogP contribution in [0, 0.1) is 0 Å². The first-order valence-electron chi connectivity index (χ1n) is 5.88. The van der Waals surface area contributed by atoms with Crippen molar-refractivity contribution in [2.24, 2.45) is 0 Å². The van der Waals surface area contributed by atoms with Gasteiger partial charge < -0.3 is 4.74 Å². The van der Waals surface area contributed by atoms with E-state index in [1.807, 2.05) is 13.0 Å². The molecule has 0 aromatic heterocycles. The van der Waals surface area contributed by atoms with Crippen molar-refractivity contribution in [2.75, 3.05) is 6.61 Å². The molecule has 0 heterocycles. The van der Waals surface area contributed by atoms with Crippen LogP contribution in [0.2, 0.25) is 0 Å². The molecule has 0 aliphatic carbocycles. The number of amides is 2. The average molecular weight is 339 g/mol. The van der Waals surface area contributed by atoms with Crippen molar-refractivity contribution in [3.05, 3.63) is 53.0 Å². The summed E-state index contributed by atoms with van der Waals surface area (Å²) in [6.45, 7) is 1.65. The van der Waals surface area contributed by atoms with Gasteiger partial charge in [-0.15, -0.1) is 0 Å². The molecule has 0 aliphatic heterocycles. The van der Waals surface area contributed by atoms with Crippen molar-refractivity contribution < 1.29 is 14.3 Å². The van der Waals surface area contributed by atoms with Gasteiger partial charge in [0.25, 0.3) is 11.8 Å². The molecule has 0 aliphatic rings. The summed E-state index contributed by atoms with van der Waals surface area (Å²) in [5.41, 5.74) is 4.48. The quantitative estimate of drug-likeness (QED) is 0.491. The predicted molar refractivity (Wildman–Crippen MR) is 79.9 cm³/mol. The van der Waals surface area contributed by atoms with E-state index in [0.29, 0.717) is 5.75 Å². The number of ether oxygens (including phenoxy) is 1. The van der Waals surface area contributed by atoms with E-state index in [-0.39, 0.29) is 6.61 Å². The van der Waals surface area contributed by atoms with Gasteiger partial charge in [0.15, 0.2) is 6.61 Å². The number of hydrogen-bond acceptors (Lipinski definition) is 3. The molecular formula is C14H15BrN2O3. The lowest BCUT2D eigenvalue weighted by Gasteiger charge is -2.07. The maximum atomic E-state index is 11.4. The Kier molecular flexibility index (Phi) is 7.13. The molecule has 0 atom stereocenters. The Hall–Kier alpha value is -2.08. The Morgan fingerprint density at radius 3 is 2.80 bits per heavy atom. The Labute approximate surface area is 125 Å². The van der Waals surface area contributed by atoms with Crippen LogP contribution in [0.3, 0.4) is 0 Å². The average Bonchev–Trinajstić information content (AvgIpc) is 2.43. The Balaban J connectivity index is 2.28. The van der Waals surface area contributed by atoms with Crippen LogP contribution in [0.5, 0.6) is 5.75 Å². The monoisotopic (exact) mass is 338 g/mol. The van der Waals surface area contributed by atoms with Crippen LogP contribution in [0.15, 0.2) is 53.0 Å². The Morgan fingerprint density at radius 2 is 2.10 bits per heavy atom. The van der Waals surface area contributed by atoms with Gasteiger partial charge in [-0.05, 0) is 25.1 Å². The van der Waals surface area contributed by atoms with Crippen LogP contribution in [-0.4, -0.2) is 18.4 Å². The lowest BCUT2D eigenvalue weighted by atomic mass is 10.3. The molecular weight excluding hydrogens is 324 g/mol. The van der Waals surface area contributed by atoms with Crippen LogP contribution in [0.25, 0.3) is 0 Å². The van der Waals surface area contributed by atoms with Crippen LogP contribution in [-0.2, 0) is 9.59 Å². The van der Waals surface area contributed by atoms with Crippen molar-refractivity contribution in [1.82, 2.24) is 10.9 Å². The molecule has 0 saturated carbocycles. The number of benzene rings is 1. The van der Waals surface area contributed by atoms with Gasteiger partial charge in [0.1, 0.15) is 5.75 Å². The third-order valence-electron chi connectivity index (χ3n) is 2.04. The molecule has 20 heavy (non-hydrogen) atoms. The van der Waals surface area contributed by atoms with E-state index in [0.717, 1.165) is 4.47 Å². The zero-order valence-corrected chi connectivity index (χ0v) is 12.5. The minimum Gasteiger partial charge on any atom is -0.484 e. The van der Waals surface area contributed by atoms with E-state index < -0.39 is 11.8 Å². The zero-order valence-electron chi connectivity index (χ0n) is 10.9. The highest BCUT2D eigenvalue weighted by Crippen LogP contribution is 2.17. The molecule has 1 aromatic rings. The second-order valence-electron chi connectivity index (χ2n) is 3.67. The van der Waals surface area contributed by atoms with Gasteiger partial charge in [0.05, 0.1) is 0 Å². The standard InChI is InChI=1S/C14H15BrN2O3/c1-2-3-4-8-13(18)16-17-14(19)10-20-12-7-5-6-11(15)9-12/h2-9H,10H2,1H3,(H,16,18)(H,17,19). The predicted octanol–water partition coefficient (Wildman–Crippen LogP) is 2.11. The first kappa shape index (κ1) is 16.0. The number of carbonyl (C=O) groups is 2. The van der Waals surface area contributed by atoms with Crippen molar-refractivity contribution in [2.45, 2.75) is 6.92 Å². The van der Waals surface area contributed by atoms with Crippen molar-refractivity contribution >= 4 is 27.7 Å². The minimum atomic E-state index is -0.447. The number of rotatable bonds is 5. The van der Waals surface area contributed by atoms with Gasteiger partial charge in [-0.1, -0.05) is 40.2 Å². The van der Waals surface area contributed by atoms with E-state index in [1.54, 1.807) is 36.4 Å². The van der Waals surface area contributed by atoms with E-state index in [9.17, 15) is 9.59 Å². The normalized spacial score (nSPS) is 10.7. The highest BCUT2D eigenvalue weighted by Gasteiger charge is 2.03. The molecule has 0 spiro atoms. The zero-order chi connectivity index (χ0) is 14.8. The third-order valence-corrected chi connectivity index (χ3v) is 2.54. The molecule has 1 aromatic carbocycles. The fraction of sp³-hybridized carbons (Fsp3) is 0.143. The van der Waals surface area contributed by atoms with Gasteiger partial charge in [0.2, 0.25) is 0 Å². The molecule has 0 radical (unpaired) electrons. The molecule has 0 fully saturated rings. The molecule has 2 amide bonds. The number of nitrogens with one attached hydrogen (secondary N) is 2. The fourth-order valence-corrected chi connectivity index (χ4v) is 1.55. The van der Waals surface area contributed by atoms with Gasteiger partial charge in [-0.2, -0.15) is 0 Å². The number of hydrogen-bond donors (Lipinski definition) is 2. The number of allylic oxidation sites excluding steroid dienone is 3. The van der Waals surface area contributed by atoms with Crippen molar-refractivity contribution in [1.29, 1.82) is 0 Å². The van der Waals surface area contributed by atoms with Gasteiger partial charge >= 0.3 is 0 Å². The molecule has 106 valence electrons. The smallest absolute Gasteiger partial charge is 0.276 e. The molecule has 1 rings (SSSR count). The molecule has 0 bridgehead atoms. The topological polar surface area (TPSA) is 67.4 Å². The SMILES string of the molecule is CC=CC=CC(=O)NNC(=O)COc1cccc(Br)c1. The fourth-order valence-electron chi connectivity index (χ4n) is 1.17. The van der Waals surface area contributed by atoms with Crippen LogP contribution in [0.1, 0.15) is 6.92 Å². The number of hydrazine groups is 1. The number of halogens is 1. The second-order valence-corrected chi connectivity index (χ2v) is 4.58. The summed E-state index contributed by atoms with van der Waals surface area (Å²) in [6, 6.07) is 7.12. The summed E-state index contributed by atoms with van der Waals surface area (Å²) in [7, 11) is 0. The lowest BCUT2D eigenvalue weighted by Crippen LogP contribution is -2.43. The van der Waals surface area contributed by atoms with Gasteiger partial charge in [0, 0.05) is 10.5 Å². The van der Waals surface area contributed by atoms with Crippen molar-refractivity contribution in [3.8, 4) is 5.75 Å². The largest absolute Gasteiger partial charge is 0.484 e.